The van der Waals surface area contributed by atoms with Crippen molar-refractivity contribution in [2.24, 2.45) is 0 Å². The number of aromatic nitrogens is 1. The van der Waals surface area contributed by atoms with Crippen molar-refractivity contribution < 1.29 is 0 Å². The predicted molar refractivity (Wildman–Crippen MR) is 85.4 cm³/mol. The molecule has 3 heteroatoms. The summed E-state index contributed by atoms with van der Waals surface area (Å²) in [7, 11) is 0. The second-order valence-corrected chi connectivity index (χ2v) is 5.62. The third-order valence-corrected chi connectivity index (χ3v) is 3.87. The second kappa shape index (κ2) is 6.38. The minimum atomic E-state index is 0.108. The lowest BCUT2D eigenvalue weighted by atomic mass is 9.94. The quantitative estimate of drug-likeness (QED) is 0.904. The van der Waals surface area contributed by atoms with Gasteiger partial charge in [0, 0.05) is 6.20 Å². The monoisotopic (exact) mass is 288 g/mol. The van der Waals surface area contributed by atoms with E-state index in [9.17, 15) is 0 Å². The number of hydrogen-bond donors (Lipinski definition) is 1. The molecule has 20 heavy (non-hydrogen) atoms. The Morgan fingerprint density at radius 2 is 1.80 bits per heavy atom. The largest absolute Gasteiger partial charge is 0.305 e. The van der Waals surface area contributed by atoms with E-state index in [0.29, 0.717) is 5.02 Å². The molecule has 1 aromatic heterocycles. The zero-order valence-electron chi connectivity index (χ0n) is 12.5. The van der Waals surface area contributed by atoms with Crippen molar-refractivity contribution in [3.05, 3.63) is 63.4 Å². The van der Waals surface area contributed by atoms with E-state index >= 15 is 0 Å². The molecule has 0 radical (unpaired) electrons. The second-order valence-electron chi connectivity index (χ2n) is 5.19. The molecule has 2 nitrogen and oxygen atoms in total. The summed E-state index contributed by atoms with van der Waals surface area (Å²) >= 11 is 5.93. The SMILES string of the molecule is CCNC(c1ccc(Cl)cn1)c1cc(C)c(C)cc1C. The van der Waals surface area contributed by atoms with E-state index in [0.717, 1.165) is 12.2 Å². The van der Waals surface area contributed by atoms with Gasteiger partial charge in [-0.05, 0) is 61.7 Å². The Morgan fingerprint density at radius 1 is 1.10 bits per heavy atom. The average Bonchev–Trinajstić information content (AvgIpc) is 2.42. The van der Waals surface area contributed by atoms with Crippen LogP contribution in [0.1, 0.15) is 40.9 Å². The highest BCUT2D eigenvalue weighted by molar-refractivity contribution is 6.30. The van der Waals surface area contributed by atoms with E-state index < -0.39 is 0 Å². The first-order chi connectivity index (χ1) is 9.52. The molecule has 1 unspecified atom stereocenters. The summed E-state index contributed by atoms with van der Waals surface area (Å²) in [5.74, 6) is 0. The number of rotatable bonds is 4. The van der Waals surface area contributed by atoms with Gasteiger partial charge < -0.3 is 5.32 Å². The summed E-state index contributed by atoms with van der Waals surface area (Å²) in [5.41, 5.74) is 6.20. The molecule has 0 aliphatic heterocycles. The summed E-state index contributed by atoms with van der Waals surface area (Å²) in [6, 6.07) is 8.49. The molecule has 0 saturated heterocycles. The van der Waals surface area contributed by atoms with Crippen molar-refractivity contribution in [3.8, 4) is 0 Å². The van der Waals surface area contributed by atoms with Gasteiger partial charge in [0.1, 0.15) is 0 Å². The minimum Gasteiger partial charge on any atom is -0.305 e. The van der Waals surface area contributed by atoms with Gasteiger partial charge in [-0.2, -0.15) is 0 Å². The highest BCUT2D eigenvalue weighted by Crippen LogP contribution is 2.26. The summed E-state index contributed by atoms with van der Waals surface area (Å²) in [4.78, 5) is 4.47. The average molecular weight is 289 g/mol. The van der Waals surface area contributed by atoms with E-state index in [1.165, 1.54) is 22.3 Å². The Labute approximate surface area is 126 Å². The van der Waals surface area contributed by atoms with Gasteiger partial charge >= 0.3 is 0 Å². The molecule has 0 aliphatic carbocycles. The molecule has 1 heterocycles. The van der Waals surface area contributed by atoms with Crippen LogP contribution in [0.2, 0.25) is 5.02 Å². The third-order valence-electron chi connectivity index (χ3n) is 3.65. The first-order valence-corrected chi connectivity index (χ1v) is 7.33. The molecule has 2 aromatic rings. The predicted octanol–water partition coefficient (Wildman–Crippen LogP) is 4.36. The molecule has 2 rings (SSSR count). The smallest absolute Gasteiger partial charge is 0.0754 e. The van der Waals surface area contributed by atoms with Crippen molar-refractivity contribution in [2.75, 3.05) is 6.54 Å². The van der Waals surface area contributed by atoms with Crippen LogP contribution >= 0.6 is 11.6 Å². The molecule has 1 aromatic carbocycles. The van der Waals surface area contributed by atoms with Gasteiger partial charge in [-0.1, -0.05) is 30.7 Å². The standard InChI is InChI=1S/C17H21ClN2/c1-5-19-17(16-7-6-14(18)10-20-16)15-9-12(3)11(2)8-13(15)4/h6-10,17,19H,5H2,1-4H3. The Morgan fingerprint density at radius 3 is 2.40 bits per heavy atom. The fourth-order valence-electron chi connectivity index (χ4n) is 2.43. The molecule has 1 N–H and O–H groups in total. The molecular weight excluding hydrogens is 268 g/mol. The van der Waals surface area contributed by atoms with Gasteiger partial charge in [0.15, 0.2) is 0 Å². The molecule has 0 fully saturated rings. The van der Waals surface area contributed by atoms with Crippen LogP contribution in [0.3, 0.4) is 0 Å². The number of nitrogens with one attached hydrogen (secondary N) is 1. The van der Waals surface area contributed by atoms with Crippen LogP contribution in [0.25, 0.3) is 0 Å². The summed E-state index contributed by atoms with van der Waals surface area (Å²) in [6.45, 7) is 9.45. The third kappa shape index (κ3) is 3.20. The van der Waals surface area contributed by atoms with Crippen molar-refractivity contribution in [1.82, 2.24) is 10.3 Å². The minimum absolute atomic E-state index is 0.108. The molecule has 1 atom stereocenters. The van der Waals surface area contributed by atoms with E-state index in [2.05, 4.69) is 50.1 Å². The molecule has 0 saturated carbocycles. The summed E-state index contributed by atoms with van der Waals surface area (Å²) < 4.78 is 0. The Hall–Kier alpha value is -1.38. The van der Waals surface area contributed by atoms with Gasteiger partial charge in [-0.3, -0.25) is 4.98 Å². The Bertz CT molecular complexity index is 591. The number of pyridine rings is 1. The highest BCUT2D eigenvalue weighted by atomic mass is 35.5. The normalized spacial score (nSPS) is 12.4. The maximum atomic E-state index is 5.93. The van der Waals surface area contributed by atoms with Gasteiger partial charge in [-0.15, -0.1) is 0 Å². The summed E-state index contributed by atoms with van der Waals surface area (Å²) in [6.07, 6.45) is 1.71. The Balaban J connectivity index is 2.48. The Kier molecular flexibility index (Phi) is 4.79. The van der Waals surface area contributed by atoms with Crippen LogP contribution in [-0.2, 0) is 0 Å². The number of halogens is 1. The molecule has 0 spiro atoms. The fraction of sp³-hybridized carbons (Fsp3) is 0.353. The first kappa shape index (κ1) is 15.0. The van der Waals surface area contributed by atoms with Crippen molar-refractivity contribution in [2.45, 2.75) is 33.7 Å². The van der Waals surface area contributed by atoms with Gasteiger partial charge in [0.05, 0.1) is 16.8 Å². The maximum absolute atomic E-state index is 5.93. The van der Waals surface area contributed by atoms with Gasteiger partial charge in [0.25, 0.3) is 0 Å². The van der Waals surface area contributed by atoms with Crippen molar-refractivity contribution in [3.63, 3.8) is 0 Å². The lowest BCUT2D eigenvalue weighted by molar-refractivity contribution is 0.612. The van der Waals surface area contributed by atoms with E-state index in [4.69, 9.17) is 11.6 Å². The van der Waals surface area contributed by atoms with E-state index in [1.807, 2.05) is 12.1 Å². The fourth-order valence-corrected chi connectivity index (χ4v) is 2.54. The number of benzene rings is 1. The molecule has 0 amide bonds. The zero-order valence-corrected chi connectivity index (χ0v) is 13.3. The van der Waals surface area contributed by atoms with E-state index in [-0.39, 0.29) is 6.04 Å². The van der Waals surface area contributed by atoms with Gasteiger partial charge in [-0.25, -0.2) is 0 Å². The van der Waals surface area contributed by atoms with Crippen LogP contribution in [-0.4, -0.2) is 11.5 Å². The highest BCUT2D eigenvalue weighted by Gasteiger charge is 2.17. The van der Waals surface area contributed by atoms with Crippen molar-refractivity contribution >= 4 is 11.6 Å². The number of hydrogen-bond acceptors (Lipinski definition) is 2. The number of aryl methyl sites for hydroxylation is 3. The van der Waals surface area contributed by atoms with Crippen LogP contribution in [0.5, 0.6) is 0 Å². The molecular formula is C17H21ClN2. The van der Waals surface area contributed by atoms with E-state index in [1.54, 1.807) is 6.20 Å². The number of nitrogens with zero attached hydrogens (tertiary/aromatic N) is 1. The zero-order chi connectivity index (χ0) is 14.7. The van der Waals surface area contributed by atoms with Crippen LogP contribution in [0, 0.1) is 20.8 Å². The summed E-state index contributed by atoms with van der Waals surface area (Å²) in [5, 5.41) is 4.18. The van der Waals surface area contributed by atoms with Crippen LogP contribution in [0.15, 0.2) is 30.5 Å². The molecule has 0 aliphatic rings. The van der Waals surface area contributed by atoms with Crippen LogP contribution < -0.4 is 5.32 Å². The van der Waals surface area contributed by atoms with Crippen molar-refractivity contribution in [1.29, 1.82) is 0 Å². The first-order valence-electron chi connectivity index (χ1n) is 6.95. The van der Waals surface area contributed by atoms with Gasteiger partial charge in [0.2, 0.25) is 0 Å². The molecule has 0 bridgehead atoms. The molecule has 106 valence electrons. The van der Waals surface area contributed by atoms with Crippen LogP contribution in [0.4, 0.5) is 0 Å². The lowest BCUT2D eigenvalue weighted by Crippen LogP contribution is -2.24. The topological polar surface area (TPSA) is 24.9 Å². The maximum Gasteiger partial charge on any atom is 0.0754 e. The lowest BCUT2D eigenvalue weighted by Gasteiger charge is -2.21.